The zero-order chi connectivity index (χ0) is 13.5. The summed E-state index contributed by atoms with van der Waals surface area (Å²) >= 11 is 0. The molecule has 0 saturated heterocycles. The summed E-state index contributed by atoms with van der Waals surface area (Å²) in [6.45, 7) is 1.76. The van der Waals surface area contributed by atoms with Crippen molar-refractivity contribution < 1.29 is 9.90 Å². The van der Waals surface area contributed by atoms with Crippen LogP contribution in [0.4, 0.5) is 0 Å². The van der Waals surface area contributed by atoms with Crippen LogP contribution in [0.2, 0.25) is 0 Å². The SMILES string of the molecule is CC(NC1CC1)(C(=O)O)c1cccc2ccccc12. The first-order valence-corrected chi connectivity index (χ1v) is 6.60. The van der Waals surface area contributed by atoms with E-state index in [2.05, 4.69) is 5.32 Å². The van der Waals surface area contributed by atoms with Crippen LogP contribution in [0.3, 0.4) is 0 Å². The standard InChI is InChI=1S/C16H17NO2/c1-16(15(18)19,17-12-9-10-12)14-8-4-6-11-5-2-3-7-13(11)14/h2-8,12,17H,9-10H2,1H3,(H,18,19). The van der Waals surface area contributed by atoms with Gasteiger partial charge in [-0.3, -0.25) is 5.32 Å². The number of hydrogen-bond donors (Lipinski definition) is 2. The Balaban J connectivity index is 2.16. The van der Waals surface area contributed by atoms with Crippen molar-refractivity contribution in [3.63, 3.8) is 0 Å². The molecule has 1 aliphatic carbocycles. The van der Waals surface area contributed by atoms with Gasteiger partial charge in [0.15, 0.2) is 0 Å². The molecule has 2 aromatic carbocycles. The topological polar surface area (TPSA) is 49.3 Å². The third-order valence-corrected chi connectivity index (χ3v) is 3.83. The first-order valence-electron chi connectivity index (χ1n) is 6.60. The zero-order valence-corrected chi connectivity index (χ0v) is 10.9. The van der Waals surface area contributed by atoms with E-state index in [1.54, 1.807) is 6.92 Å². The van der Waals surface area contributed by atoms with Crippen molar-refractivity contribution >= 4 is 16.7 Å². The molecule has 3 nitrogen and oxygen atoms in total. The van der Waals surface area contributed by atoms with Crippen molar-refractivity contribution in [2.24, 2.45) is 0 Å². The first-order chi connectivity index (χ1) is 9.11. The maximum absolute atomic E-state index is 11.8. The molecular formula is C16H17NO2. The number of fused-ring (bicyclic) bond motifs is 1. The number of benzene rings is 2. The quantitative estimate of drug-likeness (QED) is 0.883. The van der Waals surface area contributed by atoms with Crippen LogP contribution in [-0.2, 0) is 10.3 Å². The van der Waals surface area contributed by atoms with E-state index in [9.17, 15) is 9.90 Å². The fourth-order valence-corrected chi connectivity index (χ4v) is 2.55. The summed E-state index contributed by atoms with van der Waals surface area (Å²) in [6.07, 6.45) is 2.13. The second-order valence-electron chi connectivity index (χ2n) is 5.38. The summed E-state index contributed by atoms with van der Waals surface area (Å²) in [4.78, 5) is 11.8. The van der Waals surface area contributed by atoms with Crippen LogP contribution in [-0.4, -0.2) is 17.1 Å². The summed E-state index contributed by atoms with van der Waals surface area (Å²) in [6, 6.07) is 14.1. The number of aliphatic carboxylic acids is 1. The Labute approximate surface area is 112 Å². The highest BCUT2D eigenvalue weighted by molar-refractivity contribution is 5.92. The van der Waals surface area contributed by atoms with Crippen molar-refractivity contribution in [2.75, 3.05) is 0 Å². The smallest absolute Gasteiger partial charge is 0.328 e. The third-order valence-electron chi connectivity index (χ3n) is 3.83. The molecule has 19 heavy (non-hydrogen) atoms. The van der Waals surface area contributed by atoms with Gasteiger partial charge in [0.05, 0.1) is 0 Å². The van der Waals surface area contributed by atoms with Gasteiger partial charge in [0.1, 0.15) is 5.54 Å². The van der Waals surface area contributed by atoms with Gasteiger partial charge >= 0.3 is 5.97 Å². The second kappa shape index (κ2) is 4.35. The fraction of sp³-hybridized carbons (Fsp3) is 0.312. The van der Waals surface area contributed by atoms with E-state index in [1.165, 1.54) is 0 Å². The van der Waals surface area contributed by atoms with E-state index in [-0.39, 0.29) is 0 Å². The van der Waals surface area contributed by atoms with E-state index in [0.29, 0.717) is 6.04 Å². The number of nitrogens with one attached hydrogen (secondary N) is 1. The highest BCUT2D eigenvalue weighted by atomic mass is 16.4. The molecule has 1 fully saturated rings. The van der Waals surface area contributed by atoms with Gasteiger partial charge < -0.3 is 5.11 Å². The number of carboxylic acids is 1. The van der Waals surface area contributed by atoms with Crippen molar-refractivity contribution in [2.45, 2.75) is 31.3 Å². The minimum atomic E-state index is -1.03. The van der Waals surface area contributed by atoms with Gasteiger partial charge in [-0.15, -0.1) is 0 Å². The predicted octanol–water partition coefficient (Wildman–Crippen LogP) is 2.89. The molecule has 0 spiro atoms. The second-order valence-corrected chi connectivity index (χ2v) is 5.38. The van der Waals surface area contributed by atoms with E-state index in [4.69, 9.17) is 0 Å². The molecule has 3 heteroatoms. The fourth-order valence-electron chi connectivity index (χ4n) is 2.55. The van der Waals surface area contributed by atoms with Gasteiger partial charge in [-0.2, -0.15) is 0 Å². The van der Waals surface area contributed by atoms with Crippen LogP contribution < -0.4 is 5.32 Å². The number of rotatable bonds is 4. The molecule has 0 bridgehead atoms. The Hall–Kier alpha value is -1.87. The largest absolute Gasteiger partial charge is 0.480 e. The van der Waals surface area contributed by atoms with Crippen LogP contribution in [0.15, 0.2) is 42.5 Å². The summed E-state index contributed by atoms with van der Waals surface area (Å²) in [5.41, 5.74) is -0.188. The lowest BCUT2D eigenvalue weighted by atomic mass is 9.87. The highest BCUT2D eigenvalue weighted by Gasteiger charge is 2.40. The van der Waals surface area contributed by atoms with Crippen molar-refractivity contribution in [1.29, 1.82) is 0 Å². The van der Waals surface area contributed by atoms with E-state index >= 15 is 0 Å². The van der Waals surface area contributed by atoms with Crippen molar-refractivity contribution in [3.05, 3.63) is 48.0 Å². The number of carboxylic acid groups (broad SMARTS) is 1. The van der Waals surface area contributed by atoms with Crippen LogP contribution in [0.1, 0.15) is 25.3 Å². The lowest BCUT2D eigenvalue weighted by Crippen LogP contribution is -2.47. The molecule has 2 aromatic rings. The van der Waals surface area contributed by atoms with Crippen LogP contribution in [0.25, 0.3) is 10.8 Å². The Morgan fingerprint density at radius 2 is 1.89 bits per heavy atom. The molecule has 0 aromatic heterocycles. The molecule has 0 amide bonds. The zero-order valence-electron chi connectivity index (χ0n) is 10.9. The Kier molecular flexibility index (Phi) is 2.79. The van der Waals surface area contributed by atoms with E-state index in [1.807, 2.05) is 42.5 Å². The Morgan fingerprint density at radius 3 is 2.58 bits per heavy atom. The minimum Gasteiger partial charge on any atom is -0.480 e. The Morgan fingerprint density at radius 1 is 1.21 bits per heavy atom. The lowest BCUT2D eigenvalue weighted by Gasteiger charge is -2.28. The molecule has 0 radical (unpaired) electrons. The van der Waals surface area contributed by atoms with Gasteiger partial charge in [0.25, 0.3) is 0 Å². The van der Waals surface area contributed by atoms with Gasteiger partial charge in [-0.25, -0.2) is 4.79 Å². The van der Waals surface area contributed by atoms with Gasteiger partial charge in [-0.05, 0) is 36.1 Å². The summed E-state index contributed by atoms with van der Waals surface area (Å²) < 4.78 is 0. The van der Waals surface area contributed by atoms with Gasteiger partial charge in [0.2, 0.25) is 0 Å². The molecule has 98 valence electrons. The first kappa shape index (κ1) is 12.2. The van der Waals surface area contributed by atoms with E-state index in [0.717, 1.165) is 29.2 Å². The molecule has 3 rings (SSSR count). The summed E-state index contributed by atoms with van der Waals surface area (Å²) in [5, 5.41) is 15.0. The predicted molar refractivity (Wildman–Crippen MR) is 75.1 cm³/mol. The van der Waals surface area contributed by atoms with E-state index < -0.39 is 11.5 Å². The van der Waals surface area contributed by atoms with Crippen molar-refractivity contribution in [1.82, 2.24) is 5.32 Å². The molecule has 1 atom stereocenters. The average Bonchev–Trinajstić information content (AvgIpc) is 3.21. The lowest BCUT2D eigenvalue weighted by molar-refractivity contribution is -0.144. The highest BCUT2D eigenvalue weighted by Crippen LogP contribution is 2.33. The summed E-state index contributed by atoms with van der Waals surface area (Å²) in [7, 11) is 0. The monoisotopic (exact) mass is 255 g/mol. The third kappa shape index (κ3) is 2.10. The van der Waals surface area contributed by atoms with Crippen LogP contribution >= 0.6 is 0 Å². The van der Waals surface area contributed by atoms with Gasteiger partial charge in [0, 0.05) is 6.04 Å². The molecular weight excluding hydrogens is 238 g/mol. The van der Waals surface area contributed by atoms with Crippen LogP contribution in [0.5, 0.6) is 0 Å². The number of carbonyl (C=O) groups is 1. The molecule has 1 unspecified atom stereocenters. The maximum Gasteiger partial charge on any atom is 0.328 e. The molecule has 2 N–H and O–H groups in total. The van der Waals surface area contributed by atoms with Gasteiger partial charge in [-0.1, -0.05) is 42.5 Å². The van der Waals surface area contributed by atoms with Crippen molar-refractivity contribution in [3.8, 4) is 0 Å². The molecule has 1 aliphatic rings. The molecule has 0 aliphatic heterocycles. The molecule has 1 saturated carbocycles. The molecule has 0 heterocycles. The maximum atomic E-state index is 11.8. The van der Waals surface area contributed by atoms with Crippen LogP contribution in [0, 0.1) is 0 Å². The Bertz CT molecular complexity index is 628. The minimum absolute atomic E-state index is 0.333. The average molecular weight is 255 g/mol. The number of hydrogen-bond acceptors (Lipinski definition) is 2. The summed E-state index contributed by atoms with van der Waals surface area (Å²) in [5.74, 6) is -0.823. The normalized spacial score (nSPS) is 18.2.